The lowest BCUT2D eigenvalue weighted by Crippen LogP contribution is -2.43. The first-order valence-corrected chi connectivity index (χ1v) is 9.37. The Labute approximate surface area is 168 Å². The third kappa shape index (κ3) is 5.62. The van der Waals surface area contributed by atoms with Crippen LogP contribution in [0.25, 0.3) is 0 Å². The lowest BCUT2D eigenvalue weighted by molar-refractivity contribution is -0.122. The number of anilines is 2. The molecule has 2 N–H and O–H groups in total. The van der Waals surface area contributed by atoms with Crippen molar-refractivity contribution in [1.82, 2.24) is 4.90 Å². The van der Waals surface area contributed by atoms with Crippen LogP contribution in [0, 0.1) is 5.82 Å². The highest BCUT2D eigenvalue weighted by atomic mass is 79.9. The minimum Gasteiger partial charge on any atom is -0.324 e. The summed E-state index contributed by atoms with van der Waals surface area (Å²) in [6.45, 7) is 1.66. The van der Waals surface area contributed by atoms with Crippen LogP contribution in [0.2, 0.25) is 0 Å². The van der Waals surface area contributed by atoms with E-state index in [0.29, 0.717) is 10.2 Å². The minimum atomic E-state index is -0.622. The predicted molar refractivity (Wildman–Crippen MR) is 108 cm³/mol. The van der Waals surface area contributed by atoms with Gasteiger partial charge in [0, 0.05) is 8.95 Å². The summed E-state index contributed by atoms with van der Waals surface area (Å²) in [6, 6.07) is 11.0. The van der Waals surface area contributed by atoms with Crippen LogP contribution in [-0.2, 0) is 9.59 Å². The Morgan fingerprint density at radius 1 is 1.12 bits per heavy atom. The molecule has 0 aliphatic heterocycles. The molecule has 0 bridgehead atoms. The summed E-state index contributed by atoms with van der Waals surface area (Å²) in [5.41, 5.74) is 0.746. The van der Waals surface area contributed by atoms with E-state index in [1.165, 1.54) is 12.1 Å². The van der Waals surface area contributed by atoms with Crippen molar-refractivity contribution >= 4 is 55.0 Å². The summed E-state index contributed by atoms with van der Waals surface area (Å²) in [7, 11) is 1.65. The summed E-state index contributed by atoms with van der Waals surface area (Å²) in [4.78, 5) is 26.1. The van der Waals surface area contributed by atoms with Crippen molar-refractivity contribution < 1.29 is 14.0 Å². The summed E-state index contributed by atoms with van der Waals surface area (Å²) in [6.07, 6.45) is 0. The van der Waals surface area contributed by atoms with Gasteiger partial charge in [-0.3, -0.25) is 14.5 Å². The van der Waals surface area contributed by atoms with Crippen LogP contribution in [-0.4, -0.2) is 36.3 Å². The number of likely N-dealkylation sites (N-methyl/N-ethyl adjacent to an activating group) is 1. The van der Waals surface area contributed by atoms with Gasteiger partial charge in [-0.1, -0.05) is 28.1 Å². The van der Waals surface area contributed by atoms with Crippen molar-refractivity contribution in [2.24, 2.45) is 0 Å². The van der Waals surface area contributed by atoms with Gasteiger partial charge < -0.3 is 10.6 Å². The quantitative estimate of drug-likeness (QED) is 0.641. The molecule has 0 aliphatic carbocycles. The third-order valence-electron chi connectivity index (χ3n) is 3.77. The zero-order chi connectivity index (χ0) is 19.3. The molecular weight excluding hydrogens is 469 g/mol. The Bertz CT molecular complexity index is 817. The van der Waals surface area contributed by atoms with E-state index in [4.69, 9.17) is 0 Å². The fourth-order valence-electron chi connectivity index (χ4n) is 2.14. The molecule has 0 heterocycles. The van der Waals surface area contributed by atoms with E-state index in [0.717, 1.165) is 4.47 Å². The van der Waals surface area contributed by atoms with E-state index in [1.807, 2.05) is 18.2 Å². The zero-order valence-electron chi connectivity index (χ0n) is 14.2. The van der Waals surface area contributed by atoms with E-state index in [1.54, 1.807) is 31.0 Å². The number of hydrogen-bond donors (Lipinski definition) is 2. The number of hydrogen-bond acceptors (Lipinski definition) is 3. The number of benzene rings is 2. The largest absolute Gasteiger partial charge is 0.324 e. The first kappa shape index (κ1) is 20.5. The molecule has 0 aliphatic rings. The first-order chi connectivity index (χ1) is 12.3. The number of amides is 2. The molecule has 0 aromatic heterocycles. The second-order valence-electron chi connectivity index (χ2n) is 5.73. The van der Waals surface area contributed by atoms with Crippen LogP contribution in [0.5, 0.6) is 0 Å². The highest BCUT2D eigenvalue weighted by Gasteiger charge is 2.21. The highest BCUT2D eigenvalue weighted by Crippen LogP contribution is 2.21. The summed E-state index contributed by atoms with van der Waals surface area (Å²) in [5.74, 6) is -1.19. The molecule has 2 aromatic rings. The molecule has 0 saturated carbocycles. The molecule has 0 spiro atoms. The molecule has 1 atom stereocenters. The van der Waals surface area contributed by atoms with Crippen molar-refractivity contribution in [1.29, 1.82) is 0 Å². The van der Waals surface area contributed by atoms with Gasteiger partial charge in [-0.25, -0.2) is 4.39 Å². The van der Waals surface area contributed by atoms with Crippen LogP contribution in [0.3, 0.4) is 0 Å². The lowest BCUT2D eigenvalue weighted by Gasteiger charge is -2.23. The molecule has 1 unspecified atom stereocenters. The van der Waals surface area contributed by atoms with Gasteiger partial charge >= 0.3 is 0 Å². The van der Waals surface area contributed by atoms with Gasteiger partial charge in [-0.2, -0.15) is 0 Å². The van der Waals surface area contributed by atoms with Crippen LogP contribution in [0.4, 0.5) is 15.8 Å². The maximum absolute atomic E-state index is 13.8. The maximum Gasteiger partial charge on any atom is 0.241 e. The van der Waals surface area contributed by atoms with E-state index in [-0.39, 0.29) is 18.1 Å². The van der Waals surface area contributed by atoms with Gasteiger partial charge in [-0.05, 0) is 60.2 Å². The van der Waals surface area contributed by atoms with E-state index < -0.39 is 17.8 Å². The van der Waals surface area contributed by atoms with Gasteiger partial charge in [0.15, 0.2) is 0 Å². The van der Waals surface area contributed by atoms with Crippen molar-refractivity contribution in [3.8, 4) is 0 Å². The maximum atomic E-state index is 13.8. The Morgan fingerprint density at radius 2 is 1.81 bits per heavy atom. The Balaban J connectivity index is 1.93. The third-order valence-corrected chi connectivity index (χ3v) is 4.96. The molecular formula is C18H18Br2FN3O2. The average molecular weight is 487 g/mol. The second kappa shape index (κ2) is 9.25. The number of halogens is 3. The fourth-order valence-corrected chi connectivity index (χ4v) is 2.86. The van der Waals surface area contributed by atoms with Gasteiger partial charge in [0.25, 0.3) is 0 Å². The number of carbonyl (C=O) groups excluding carboxylic acids is 2. The van der Waals surface area contributed by atoms with Crippen LogP contribution in [0.1, 0.15) is 6.92 Å². The van der Waals surface area contributed by atoms with Gasteiger partial charge in [-0.15, -0.1) is 0 Å². The fraction of sp³-hybridized carbons (Fsp3) is 0.222. The van der Waals surface area contributed by atoms with Crippen molar-refractivity contribution in [3.05, 3.63) is 57.2 Å². The molecule has 0 saturated heterocycles. The number of rotatable bonds is 6. The number of carbonyl (C=O) groups is 2. The second-order valence-corrected chi connectivity index (χ2v) is 7.50. The molecule has 0 radical (unpaired) electrons. The SMILES string of the molecule is CC(C(=O)Nc1ccc(Br)cc1F)N(C)CC(=O)Nc1ccccc1Br. The van der Waals surface area contributed by atoms with Crippen molar-refractivity contribution in [2.75, 3.05) is 24.2 Å². The van der Waals surface area contributed by atoms with E-state index in [2.05, 4.69) is 42.5 Å². The van der Waals surface area contributed by atoms with E-state index >= 15 is 0 Å². The van der Waals surface area contributed by atoms with Gasteiger partial charge in [0.05, 0.1) is 24.0 Å². The summed E-state index contributed by atoms with van der Waals surface area (Å²) < 4.78 is 15.2. The standard InChI is InChI=1S/C18H18Br2FN3O2/c1-11(18(26)23-16-8-7-12(19)9-14(16)21)24(2)10-17(25)22-15-6-4-3-5-13(15)20/h3-9,11H,10H2,1-2H3,(H,22,25)(H,23,26). The van der Waals surface area contributed by atoms with Crippen LogP contribution < -0.4 is 10.6 Å². The topological polar surface area (TPSA) is 61.4 Å². The van der Waals surface area contributed by atoms with Gasteiger partial charge in [0.2, 0.25) is 11.8 Å². The number of nitrogens with one attached hydrogen (secondary N) is 2. The molecule has 2 aromatic carbocycles. The normalized spacial score (nSPS) is 11.9. The summed E-state index contributed by atoms with van der Waals surface area (Å²) in [5, 5.41) is 5.31. The molecule has 26 heavy (non-hydrogen) atoms. The Hall–Kier alpha value is -1.77. The van der Waals surface area contributed by atoms with Crippen LogP contribution >= 0.6 is 31.9 Å². The molecule has 5 nitrogen and oxygen atoms in total. The smallest absolute Gasteiger partial charge is 0.241 e. The summed E-state index contributed by atoms with van der Waals surface area (Å²) >= 11 is 6.53. The monoisotopic (exact) mass is 485 g/mol. The predicted octanol–water partition coefficient (Wildman–Crippen LogP) is 4.25. The van der Waals surface area contributed by atoms with Gasteiger partial charge in [0.1, 0.15) is 5.82 Å². The number of nitrogens with zero attached hydrogens (tertiary/aromatic N) is 1. The highest BCUT2D eigenvalue weighted by molar-refractivity contribution is 9.10. The minimum absolute atomic E-state index is 0.0126. The number of para-hydroxylation sites is 1. The Kier molecular flexibility index (Phi) is 7.31. The van der Waals surface area contributed by atoms with E-state index in [9.17, 15) is 14.0 Å². The van der Waals surface area contributed by atoms with Crippen LogP contribution in [0.15, 0.2) is 51.4 Å². The van der Waals surface area contributed by atoms with Crippen molar-refractivity contribution in [3.63, 3.8) is 0 Å². The zero-order valence-corrected chi connectivity index (χ0v) is 17.4. The lowest BCUT2D eigenvalue weighted by atomic mass is 10.2. The Morgan fingerprint density at radius 3 is 2.46 bits per heavy atom. The molecule has 138 valence electrons. The molecule has 0 fully saturated rings. The molecule has 2 rings (SSSR count). The molecule has 8 heteroatoms. The average Bonchev–Trinajstić information content (AvgIpc) is 2.58. The first-order valence-electron chi connectivity index (χ1n) is 7.78. The molecule has 2 amide bonds. The van der Waals surface area contributed by atoms with Crippen molar-refractivity contribution in [2.45, 2.75) is 13.0 Å².